The van der Waals surface area contributed by atoms with Crippen molar-refractivity contribution >= 4 is 33.4 Å². The highest BCUT2D eigenvalue weighted by Crippen LogP contribution is 2.27. The highest BCUT2D eigenvalue weighted by molar-refractivity contribution is 9.10. The Labute approximate surface area is 151 Å². The third kappa shape index (κ3) is 5.58. The van der Waals surface area contributed by atoms with E-state index in [-0.39, 0.29) is 24.2 Å². The van der Waals surface area contributed by atoms with Gasteiger partial charge in [-0.05, 0) is 32.3 Å². The number of amides is 2. The number of hydrogen-bond acceptors (Lipinski definition) is 4. The van der Waals surface area contributed by atoms with Crippen LogP contribution in [0.25, 0.3) is 0 Å². The Hall–Kier alpha value is -1.44. The molecule has 1 fully saturated rings. The Bertz CT molecular complexity index is 580. The molecule has 1 aliphatic heterocycles. The zero-order valence-electron chi connectivity index (χ0n) is 14.1. The quantitative estimate of drug-likeness (QED) is 0.675. The molecular formula is C17H24BrN3O3. The number of rotatable bonds is 8. The molecule has 0 aromatic heterocycles. The van der Waals surface area contributed by atoms with E-state index >= 15 is 0 Å². The minimum atomic E-state index is -0.307. The number of carbonyl (C=O) groups is 2. The molecule has 0 aliphatic carbocycles. The van der Waals surface area contributed by atoms with E-state index in [2.05, 4.69) is 21.2 Å². The molecule has 2 rings (SSSR count). The summed E-state index contributed by atoms with van der Waals surface area (Å²) in [5.41, 5.74) is 0.816. The summed E-state index contributed by atoms with van der Waals surface area (Å²) in [7, 11) is 3.97. The van der Waals surface area contributed by atoms with Gasteiger partial charge in [-0.15, -0.1) is 0 Å². The van der Waals surface area contributed by atoms with E-state index in [1.807, 2.05) is 43.3 Å². The van der Waals surface area contributed by atoms with Gasteiger partial charge in [0.05, 0.1) is 19.1 Å². The van der Waals surface area contributed by atoms with Gasteiger partial charge in [-0.25, -0.2) is 0 Å². The number of hydrogen-bond donors (Lipinski definition) is 1. The summed E-state index contributed by atoms with van der Waals surface area (Å²) in [5.74, 6) is -0.411. The summed E-state index contributed by atoms with van der Waals surface area (Å²) in [6.45, 7) is 2.86. The summed E-state index contributed by atoms with van der Waals surface area (Å²) in [6.07, 6.45) is 0.250. The Kier molecular flexibility index (Phi) is 7.20. The standard InChI is InChI=1S/C17H24BrN3O3/c1-20(2)7-9-24-8-6-19-17(23)13-10-16(22)21(12-13)15-5-3-4-14(18)11-15/h3-5,11,13H,6-10,12H2,1-2H3,(H,19,23)/t13-/m0/s1. The van der Waals surface area contributed by atoms with Crippen LogP contribution in [0.15, 0.2) is 28.7 Å². The van der Waals surface area contributed by atoms with Crippen molar-refractivity contribution < 1.29 is 14.3 Å². The van der Waals surface area contributed by atoms with Gasteiger partial charge in [0.25, 0.3) is 0 Å². The summed E-state index contributed by atoms with van der Waals surface area (Å²) in [5, 5.41) is 2.85. The average molecular weight is 398 g/mol. The second-order valence-electron chi connectivity index (χ2n) is 6.09. The number of carbonyl (C=O) groups excluding carboxylic acids is 2. The molecule has 1 saturated heterocycles. The highest BCUT2D eigenvalue weighted by Gasteiger charge is 2.34. The van der Waals surface area contributed by atoms with Crippen LogP contribution in [0.2, 0.25) is 0 Å². The van der Waals surface area contributed by atoms with E-state index in [1.54, 1.807) is 4.90 Å². The van der Waals surface area contributed by atoms with Crippen LogP contribution in [-0.4, -0.2) is 63.7 Å². The lowest BCUT2D eigenvalue weighted by Gasteiger charge is -2.17. The smallest absolute Gasteiger partial charge is 0.227 e. The predicted molar refractivity (Wildman–Crippen MR) is 97.0 cm³/mol. The van der Waals surface area contributed by atoms with Gasteiger partial charge in [0.15, 0.2) is 0 Å². The Morgan fingerprint density at radius 2 is 2.21 bits per heavy atom. The molecule has 1 aromatic rings. The van der Waals surface area contributed by atoms with Crippen molar-refractivity contribution in [3.05, 3.63) is 28.7 Å². The lowest BCUT2D eigenvalue weighted by atomic mass is 10.1. The van der Waals surface area contributed by atoms with Gasteiger partial charge in [-0.1, -0.05) is 22.0 Å². The van der Waals surface area contributed by atoms with Crippen molar-refractivity contribution in [2.45, 2.75) is 6.42 Å². The molecule has 0 saturated carbocycles. The van der Waals surface area contributed by atoms with Crippen molar-refractivity contribution in [1.82, 2.24) is 10.2 Å². The van der Waals surface area contributed by atoms with Crippen molar-refractivity contribution in [2.24, 2.45) is 5.92 Å². The van der Waals surface area contributed by atoms with Crippen molar-refractivity contribution in [3.63, 3.8) is 0 Å². The molecule has 2 amide bonds. The zero-order valence-corrected chi connectivity index (χ0v) is 15.7. The molecule has 132 valence electrons. The van der Waals surface area contributed by atoms with Gasteiger partial charge in [-0.2, -0.15) is 0 Å². The molecule has 7 heteroatoms. The molecule has 1 aliphatic rings. The molecule has 0 unspecified atom stereocenters. The van der Waals surface area contributed by atoms with Gasteiger partial charge in [0.2, 0.25) is 11.8 Å². The van der Waals surface area contributed by atoms with Gasteiger partial charge >= 0.3 is 0 Å². The largest absolute Gasteiger partial charge is 0.378 e. The first kappa shape index (κ1) is 18.9. The second-order valence-corrected chi connectivity index (χ2v) is 7.01. The number of ether oxygens (including phenoxy) is 1. The van der Waals surface area contributed by atoms with Crippen LogP contribution in [0.1, 0.15) is 6.42 Å². The van der Waals surface area contributed by atoms with Crippen LogP contribution in [-0.2, 0) is 14.3 Å². The first-order chi connectivity index (χ1) is 11.5. The number of likely N-dealkylation sites (N-methyl/N-ethyl adjacent to an activating group) is 1. The molecule has 0 spiro atoms. The molecule has 6 nitrogen and oxygen atoms in total. The molecule has 1 heterocycles. The molecular weight excluding hydrogens is 374 g/mol. The van der Waals surface area contributed by atoms with Crippen LogP contribution in [0.5, 0.6) is 0 Å². The number of nitrogens with one attached hydrogen (secondary N) is 1. The molecule has 1 aromatic carbocycles. The summed E-state index contributed by atoms with van der Waals surface area (Å²) >= 11 is 3.40. The number of halogens is 1. The third-order valence-corrected chi connectivity index (χ3v) is 4.34. The maximum absolute atomic E-state index is 12.2. The maximum atomic E-state index is 12.2. The Morgan fingerprint density at radius 3 is 2.92 bits per heavy atom. The van der Waals surface area contributed by atoms with Gasteiger partial charge in [0, 0.05) is 36.2 Å². The van der Waals surface area contributed by atoms with E-state index in [0.717, 1.165) is 16.7 Å². The molecule has 0 radical (unpaired) electrons. The van der Waals surface area contributed by atoms with Crippen LogP contribution in [0.4, 0.5) is 5.69 Å². The van der Waals surface area contributed by atoms with E-state index in [9.17, 15) is 9.59 Å². The fourth-order valence-corrected chi connectivity index (χ4v) is 2.90. The summed E-state index contributed by atoms with van der Waals surface area (Å²) in [4.78, 5) is 28.1. The molecule has 1 N–H and O–H groups in total. The fraction of sp³-hybridized carbons (Fsp3) is 0.529. The lowest BCUT2D eigenvalue weighted by molar-refractivity contribution is -0.126. The van der Waals surface area contributed by atoms with Gasteiger partial charge in [0.1, 0.15) is 0 Å². The van der Waals surface area contributed by atoms with Crippen molar-refractivity contribution in [3.8, 4) is 0 Å². The molecule has 1 atom stereocenters. The van der Waals surface area contributed by atoms with Crippen molar-refractivity contribution in [1.29, 1.82) is 0 Å². The molecule has 24 heavy (non-hydrogen) atoms. The van der Waals surface area contributed by atoms with Crippen LogP contribution in [0, 0.1) is 5.92 Å². The number of nitrogens with zero attached hydrogens (tertiary/aromatic N) is 2. The topological polar surface area (TPSA) is 61.9 Å². The maximum Gasteiger partial charge on any atom is 0.227 e. The minimum Gasteiger partial charge on any atom is -0.378 e. The number of anilines is 1. The van der Waals surface area contributed by atoms with E-state index in [4.69, 9.17) is 4.74 Å². The highest BCUT2D eigenvalue weighted by atomic mass is 79.9. The third-order valence-electron chi connectivity index (χ3n) is 3.84. The first-order valence-corrected chi connectivity index (χ1v) is 8.83. The zero-order chi connectivity index (χ0) is 17.5. The SMILES string of the molecule is CN(C)CCOCCNC(=O)[C@H]1CC(=O)N(c2cccc(Br)c2)C1. The Morgan fingerprint density at radius 1 is 1.42 bits per heavy atom. The normalized spacial score (nSPS) is 17.6. The fourth-order valence-electron chi connectivity index (χ4n) is 2.52. The number of benzene rings is 1. The lowest BCUT2D eigenvalue weighted by Crippen LogP contribution is -2.35. The van der Waals surface area contributed by atoms with E-state index in [0.29, 0.717) is 26.3 Å². The van der Waals surface area contributed by atoms with E-state index < -0.39 is 0 Å². The Balaban J connectivity index is 1.75. The monoisotopic (exact) mass is 397 g/mol. The van der Waals surface area contributed by atoms with E-state index in [1.165, 1.54) is 0 Å². The van der Waals surface area contributed by atoms with Gasteiger partial charge in [-0.3, -0.25) is 9.59 Å². The van der Waals surface area contributed by atoms with Gasteiger partial charge < -0.3 is 19.9 Å². The molecule has 0 bridgehead atoms. The van der Waals surface area contributed by atoms with Crippen molar-refractivity contribution in [2.75, 3.05) is 51.8 Å². The summed E-state index contributed by atoms with van der Waals surface area (Å²) < 4.78 is 6.36. The minimum absolute atomic E-state index is 0.0181. The van der Waals surface area contributed by atoms with Crippen LogP contribution in [0.3, 0.4) is 0 Å². The van der Waals surface area contributed by atoms with Crippen LogP contribution < -0.4 is 10.2 Å². The predicted octanol–water partition coefficient (Wildman–Crippen LogP) is 1.50. The first-order valence-electron chi connectivity index (χ1n) is 8.03. The second kappa shape index (κ2) is 9.15. The van der Waals surface area contributed by atoms with Crippen LogP contribution >= 0.6 is 15.9 Å². The summed E-state index contributed by atoms with van der Waals surface area (Å²) in [6, 6.07) is 7.55. The average Bonchev–Trinajstić information content (AvgIpc) is 2.92.